The van der Waals surface area contributed by atoms with E-state index < -0.39 is 11.5 Å². The molecule has 8 nitrogen and oxygen atoms in total. The maximum absolute atomic E-state index is 13.3. The molecule has 5 atom stereocenters. The first-order chi connectivity index (χ1) is 17.2. The van der Waals surface area contributed by atoms with Gasteiger partial charge in [0.15, 0.2) is 5.13 Å². The highest BCUT2D eigenvalue weighted by Crippen LogP contribution is 2.62. The summed E-state index contributed by atoms with van der Waals surface area (Å²) in [4.78, 5) is 31.7. The van der Waals surface area contributed by atoms with Crippen molar-refractivity contribution in [2.45, 2.75) is 78.7 Å². The largest absolute Gasteiger partial charge is 0.508 e. The minimum absolute atomic E-state index is 0.0694. The lowest BCUT2D eigenvalue weighted by atomic mass is 9.47. The van der Waals surface area contributed by atoms with Crippen molar-refractivity contribution in [3.63, 3.8) is 0 Å². The van der Waals surface area contributed by atoms with Gasteiger partial charge in [-0.25, -0.2) is 4.98 Å². The van der Waals surface area contributed by atoms with Crippen molar-refractivity contribution in [1.29, 1.82) is 0 Å². The van der Waals surface area contributed by atoms with Crippen LogP contribution in [0, 0.1) is 22.2 Å². The van der Waals surface area contributed by atoms with Crippen molar-refractivity contribution < 1.29 is 24.9 Å². The lowest BCUT2D eigenvalue weighted by Gasteiger charge is -2.58. The average molecular weight is 530 g/mol. The normalized spacial score (nSPS) is 29.2. The molecule has 37 heavy (non-hydrogen) atoms. The zero-order chi connectivity index (χ0) is 27.2. The maximum Gasteiger partial charge on any atom is 0.226 e. The smallest absolute Gasteiger partial charge is 0.226 e. The van der Waals surface area contributed by atoms with Gasteiger partial charge in [-0.3, -0.25) is 9.59 Å². The highest BCUT2D eigenvalue weighted by Gasteiger charge is 2.59. The molecule has 0 spiro atoms. The van der Waals surface area contributed by atoms with E-state index in [2.05, 4.69) is 17.6 Å². The van der Waals surface area contributed by atoms with Crippen LogP contribution < -0.4 is 10.6 Å². The molecule has 0 aliphatic heterocycles. The topological polar surface area (TPSA) is 132 Å². The summed E-state index contributed by atoms with van der Waals surface area (Å²) in [6.45, 7) is 9.94. The minimum atomic E-state index is -0.718. The standard InChI is InChI=1S/C28H39N3O5S/c1-26(2,3)14-23(36)30-25-31-24-18(12-22(35)29-16-7-6-8-17(33)11-16)27(4)10-9-21(34)28(5,15-32)20(27)13-19(24)37-25/h6-8,11,18,20-21,32-34H,9-10,12-15H2,1-5H3,(H,29,35)(H,30,31,36). The summed E-state index contributed by atoms with van der Waals surface area (Å²) in [5.74, 6) is -0.567. The summed E-state index contributed by atoms with van der Waals surface area (Å²) in [5, 5.41) is 37.5. The van der Waals surface area contributed by atoms with Crippen LogP contribution in [-0.2, 0) is 16.0 Å². The molecule has 2 aromatic rings. The van der Waals surface area contributed by atoms with E-state index >= 15 is 0 Å². The summed E-state index contributed by atoms with van der Waals surface area (Å²) in [5.41, 5.74) is 0.0628. The third-order valence-electron chi connectivity index (χ3n) is 8.35. The number of thiazole rings is 1. The summed E-state index contributed by atoms with van der Waals surface area (Å²) >= 11 is 1.42. The Morgan fingerprint density at radius 3 is 2.57 bits per heavy atom. The molecule has 9 heteroatoms. The van der Waals surface area contributed by atoms with Crippen molar-refractivity contribution in [3.8, 4) is 5.75 Å². The number of amides is 2. The molecule has 1 aromatic carbocycles. The highest BCUT2D eigenvalue weighted by atomic mass is 32.1. The van der Waals surface area contributed by atoms with E-state index in [0.29, 0.717) is 36.5 Å². The number of carbonyl (C=O) groups excluding carboxylic acids is 2. The van der Waals surface area contributed by atoms with Crippen LogP contribution in [0.15, 0.2) is 24.3 Å². The minimum Gasteiger partial charge on any atom is -0.508 e. The molecule has 1 saturated carbocycles. The summed E-state index contributed by atoms with van der Waals surface area (Å²) < 4.78 is 0. The zero-order valence-electron chi connectivity index (χ0n) is 22.3. The molecule has 1 aromatic heterocycles. The molecular weight excluding hydrogens is 490 g/mol. The molecule has 4 rings (SSSR count). The number of rotatable bonds is 6. The second kappa shape index (κ2) is 10.0. The van der Waals surface area contributed by atoms with Gasteiger partial charge in [0.25, 0.3) is 0 Å². The summed E-state index contributed by atoms with van der Waals surface area (Å²) in [6, 6.07) is 6.44. The van der Waals surface area contributed by atoms with Gasteiger partial charge in [0, 0.05) is 40.8 Å². The zero-order valence-corrected chi connectivity index (χ0v) is 23.1. The number of nitrogens with one attached hydrogen (secondary N) is 2. The van der Waals surface area contributed by atoms with Crippen molar-refractivity contribution in [1.82, 2.24) is 4.98 Å². The number of anilines is 2. The number of carbonyl (C=O) groups is 2. The predicted octanol–water partition coefficient (Wildman–Crippen LogP) is 4.67. The number of aliphatic hydroxyl groups is 2. The second-order valence-corrected chi connectivity index (χ2v) is 13.5. The van der Waals surface area contributed by atoms with Gasteiger partial charge >= 0.3 is 0 Å². The molecule has 0 saturated heterocycles. The van der Waals surface area contributed by atoms with Gasteiger partial charge in [-0.05, 0) is 48.1 Å². The Morgan fingerprint density at radius 2 is 1.92 bits per heavy atom. The number of phenols is 1. The van der Waals surface area contributed by atoms with E-state index in [4.69, 9.17) is 4.98 Å². The number of hydrogen-bond acceptors (Lipinski definition) is 7. The van der Waals surface area contributed by atoms with E-state index in [1.54, 1.807) is 18.2 Å². The first-order valence-electron chi connectivity index (χ1n) is 12.9. The number of phenolic OH excluding ortho intramolecular Hbond substituents is 1. The van der Waals surface area contributed by atoms with Crippen LogP contribution in [0.2, 0.25) is 0 Å². The molecule has 202 valence electrons. The lowest BCUT2D eigenvalue weighted by molar-refractivity contribution is -0.143. The number of aromatic nitrogens is 1. The molecule has 1 fully saturated rings. The summed E-state index contributed by atoms with van der Waals surface area (Å²) in [6.07, 6.45) is 1.73. The third-order valence-corrected chi connectivity index (χ3v) is 9.36. The van der Waals surface area contributed by atoms with Gasteiger partial charge in [-0.2, -0.15) is 0 Å². The SMILES string of the molecule is CC(C)(C)CC(=O)Nc1nc2c(s1)CC1C(C)(CO)C(O)CCC1(C)C2CC(=O)Nc1cccc(O)c1. The van der Waals surface area contributed by atoms with E-state index in [9.17, 15) is 24.9 Å². The van der Waals surface area contributed by atoms with Crippen LogP contribution >= 0.6 is 11.3 Å². The van der Waals surface area contributed by atoms with Crippen LogP contribution in [0.3, 0.4) is 0 Å². The number of benzene rings is 1. The number of nitrogens with zero attached hydrogens (tertiary/aromatic N) is 1. The fourth-order valence-corrected chi connectivity index (χ4v) is 7.41. The number of hydrogen-bond donors (Lipinski definition) is 5. The Morgan fingerprint density at radius 1 is 1.19 bits per heavy atom. The molecule has 0 bridgehead atoms. The van der Waals surface area contributed by atoms with E-state index in [1.165, 1.54) is 17.4 Å². The molecule has 5 unspecified atom stereocenters. The van der Waals surface area contributed by atoms with Gasteiger partial charge in [-0.1, -0.05) is 40.7 Å². The first-order valence-corrected chi connectivity index (χ1v) is 13.7. The van der Waals surface area contributed by atoms with Crippen LogP contribution in [0.25, 0.3) is 0 Å². The third kappa shape index (κ3) is 5.54. The molecule has 2 amide bonds. The van der Waals surface area contributed by atoms with Crippen LogP contribution in [-0.4, -0.2) is 44.8 Å². The van der Waals surface area contributed by atoms with Gasteiger partial charge in [-0.15, -0.1) is 11.3 Å². The van der Waals surface area contributed by atoms with Gasteiger partial charge < -0.3 is 26.0 Å². The van der Waals surface area contributed by atoms with Gasteiger partial charge in [0.1, 0.15) is 5.75 Å². The lowest BCUT2D eigenvalue weighted by Crippen LogP contribution is -2.57. The van der Waals surface area contributed by atoms with Gasteiger partial charge in [0.2, 0.25) is 11.8 Å². The van der Waals surface area contributed by atoms with E-state index in [-0.39, 0.29) is 53.3 Å². The maximum atomic E-state index is 13.3. The number of aliphatic hydroxyl groups excluding tert-OH is 2. The molecule has 2 aliphatic rings. The van der Waals surface area contributed by atoms with Crippen LogP contribution in [0.5, 0.6) is 5.75 Å². The van der Waals surface area contributed by atoms with Crippen LogP contribution in [0.4, 0.5) is 10.8 Å². The van der Waals surface area contributed by atoms with E-state index in [1.807, 2.05) is 27.7 Å². The van der Waals surface area contributed by atoms with Crippen molar-refractivity contribution in [3.05, 3.63) is 34.8 Å². The molecular formula is C28H39N3O5S. The predicted molar refractivity (Wildman–Crippen MR) is 145 cm³/mol. The first kappa shape index (κ1) is 27.5. The monoisotopic (exact) mass is 529 g/mol. The summed E-state index contributed by atoms with van der Waals surface area (Å²) in [7, 11) is 0. The van der Waals surface area contributed by atoms with Crippen molar-refractivity contribution in [2.75, 3.05) is 17.2 Å². The van der Waals surface area contributed by atoms with Gasteiger partial charge in [0.05, 0.1) is 18.4 Å². The Hall–Kier alpha value is -2.49. The van der Waals surface area contributed by atoms with E-state index in [0.717, 1.165) is 10.6 Å². The van der Waals surface area contributed by atoms with Crippen LogP contribution in [0.1, 0.15) is 76.8 Å². The highest BCUT2D eigenvalue weighted by molar-refractivity contribution is 7.15. The van der Waals surface area contributed by atoms with Crippen molar-refractivity contribution in [2.24, 2.45) is 22.2 Å². The molecule has 2 aliphatic carbocycles. The van der Waals surface area contributed by atoms with Crippen molar-refractivity contribution >= 4 is 34.0 Å². The fourth-order valence-electron chi connectivity index (χ4n) is 6.33. The average Bonchev–Trinajstić information content (AvgIpc) is 3.18. The Kier molecular flexibility index (Phi) is 7.44. The molecule has 0 radical (unpaired) electrons. The molecule has 5 N–H and O–H groups in total. The molecule has 1 heterocycles. The second-order valence-electron chi connectivity index (χ2n) is 12.4. The quantitative estimate of drug-likeness (QED) is 0.370. The Labute approximate surface area is 222 Å². The number of aromatic hydroxyl groups is 1. The fraction of sp³-hybridized carbons (Fsp3) is 0.607. The Bertz CT molecular complexity index is 1170. The number of fused-ring (bicyclic) bond motifs is 2. The Balaban J connectivity index is 1.68.